The molecular weight excluding hydrogens is 212 g/mol. The highest BCUT2D eigenvalue weighted by Gasteiger charge is 2.10. The molecule has 3 heteroatoms. The molecule has 0 unspecified atom stereocenters. The molecule has 1 N–H and O–H groups in total. The molecule has 1 aromatic heterocycles. The van der Waals surface area contributed by atoms with Crippen LogP contribution in [-0.2, 0) is 6.54 Å². The number of oxazole rings is 1. The first-order chi connectivity index (χ1) is 8.31. The lowest BCUT2D eigenvalue weighted by Crippen LogP contribution is -2.13. The van der Waals surface area contributed by atoms with Gasteiger partial charge in [0, 0.05) is 12.1 Å². The molecule has 2 aromatic rings. The average molecular weight is 226 g/mol. The van der Waals surface area contributed by atoms with Crippen molar-refractivity contribution in [3.8, 4) is 23.8 Å². The van der Waals surface area contributed by atoms with Crippen LogP contribution in [0, 0.1) is 19.3 Å². The Morgan fingerprint density at radius 2 is 2.12 bits per heavy atom. The van der Waals surface area contributed by atoms with Gasteiger partial charge in [-0.2, -0.15) is 0 Å². The van der Waals surface area contributed by atoms with Gasteiger partial charge in [0.05, 0.1) is 12.2 Å². The summed E-state index contributed by atoms with van der Waals surface area (Å²) in [6, 6.07) is 9.85. The molecule has 0 aliphatic carbocycles. The quantitative estimate of drug-likeness (QED) is 0.642. The third kappa shape index (κ3) is 2.74. The van der Waals surface area contributed by atoms with Crippen LogP contribution in [0.15, 0.2) is 34.7 Å². The van der Waals surface area contributed by atoms with Crippen molar-refractivity contribution in [3.63, 3.8) is 0 Å². The number of aryl methyl sites for hydroxylation is 1. The van der Waals surface area contributed by atoms with E-state index in [9.17, 15) is 0 Å². The minimum absolute atomic E-state index is 0.535. The SMILES string of the molecule is C#CCNCc1nc(-c2ccccc2)oc1C. The molecule has 0 spiro atoms. The van der Waals surface area contributed by atoms with Crippen LogP contribution in [0.5, 0.6) is 0 Å². The highest BCUT2D eigenvalue weighted by molar-refractivity contribution is 5.53. The number of hydrogen-bond acceptors (Lipinski definition) is 3. The van der Waals surface area contributed by atoms with Crippen LogP contribution in [0.4, 0.5) is 0 Å². The Labute approximate surface area is 101 Å². The molecule has 0 aliphatic rings. The first kappa shape index (κ1) is 11.4. The molecule has 0 saturated carbocycles. The second-order valence-corrected chi connectivity index (χ2v) is 3.70. The largest absolute Gasteiger partial charge is 0.441 e. The molecule has 1 aromatic carbocycles. The molecule has 0 bridgehead atoms. The van der Waals surface area contributed by atoms with E-state index in [1.54, 1.807) is 0 Å². The van der Waals surface area contributed by atoms with Gasteiger partial charge in [-0.05, 0) is 19.1 Å². The van der Waals surface area contributed by atoms with E-state index < -0.39 is 0 Å². The minimum Gasteiger partial charge on any atom is -0.441 e. The average Bonchev–Trinajstić information content (AvgIpc) is 2.73. The lowest BCUT2D eigenvalue weighted by molar-refractivity contribution is 0.537. The molecule has 1 heterocycles. The van der Waals surface area contributed by atoms with E-state index in [-0.39, 0.29) is 0 Å². The maximum Gasteiger partial charge on any atom is 0.226 e. The molecule has 0 atom stereocenters. The molecule has 0 radical (unpaired) electrons. The zero-order valence-corrected chi connectivity index (χ0v) is 9.73. The highest BCUT2D eigenvalue weighted by Crippen LogP contribution is 2.21. The summed E-state index contributed by atoms with van der Waals surface area (Å²) < 4.78 is 5.63. The lowest BCUT2D eigenvalue weighted by atomic mass is 10.2. The Kier molecular flexibility index (Phi) is 3.59. The number of rotatable bonds is 4. The number of nitrogens with one attached hydrogen (secondary N) is 1. The van der Waals surface area contributed by atoms with Gasteiger partial charge in [-0.3, -0.25) is 0 Å². The maximum atomic E-state index is 5.63. The molecule has 3 nitrogen and oxygen atoms in total. The van der Waals surface area contributed by atoms with E-state index in [2.05, 4.69) is 16.2 Å². The van der Waals surface area contributed by atoms with Gasteiger partial charge in [-0.25, -0.2) is 4.98 Å². The first-order valence-corrected chi connectivity index (χ1v) is 5.47. The maximum absolute atomic E-state index is 5.63. The zero-order valence-electron chi connectivity index (χ0n) is 9.73. The topological polar surface area (TPSA) is 38.1 Å². The van der Waals surface area contributed by atoms with Gasteiger partial charge in [0.15, 0.2) is 0 Å². The first-order valence-electron chi connectivity index (χ1n) is 5.47. The van der Waals surface area contributed by atoms with Crippen molar-refractivity contribution in [2.45, 2.75) is 13.5 Å². The van der Waals surface area contributed by atoms with Crippen LogP contribution in [0.1, 0.15) is 11.5 Å². The van der Waals surface area contributed by atoms with Gasteiger partial charge in [0.1, 0.15) is 5.76 Å². The Morgan fingerprint density at radius 3 is 2.82 bits per heavy atom. The summed E-state index contributed by atoms with van der Waals surface area (Å²) in [4.78, 5) is 4.45. The van der Waals surface area contributed by atoms with E-state index in [0.717, 1.165) is 17.0 Å². The summed E-state index contributed by atoms with van der Waals surface area (Å²) in [5.41, 5.74) is 1.89. The Morgan fingerprint density at radius 1 is 1.35 bits per heavy atom. The summed E-state index contributed by atoms with van der Waals surface area (Å²) in [5, 5.41) is 3.10. The molecule has 0 saturated heterocycles. The smallest absolute Gasteiger partial charge is 0.226 e. The molecule has 17 heavy (non-hydrogen) atoms. The van der Waals surface area contributed by atoms with Gasteiger partial charge in [-0.15, -0.1) is 6.42 Å². The van der Waals surface area contributed by atoms with E-state index in [1.807, 2.05) is 37.3 Å². The fourth-order valence-electron chi connectivity index (χ4n) is 1.55. The van der Waals surface area contributed by atoms with Crippen molar-refractivity contribution in [1.29, 1.82) is 0 Å². The van der Waals surface area contributed by atoms with E-state index >= 15 is 0 Å². The van der Waals surface area contributed by atoms with Gasteiger partial charge in [0.2, 0.25) is 5.89 Å². The molecule has 86 valence electrons. The van der Waals surface area contributed by atoms with Crippen molar-refractivity contribution in [2.24, 2.45) is 0 Å². The van der Waals surface area contributed by atoms with Crippen LogP contribution in [0.3, 0.4) is 0 Å². The van der Waals surface area contributed by atoms with E-state index in [1.165, 1.54) is 0 Å². The number of benzene rings is 1. The van der Waals surface area contributed by atoms with Crippen molar-refractivity contribution >= 4 is 0 Å². The Hall–Kier alpha value is -2.05. The van der Waals surface area contributed by atoms with Crippen molar-refractivity contribution in [2.75, 3.05) is 6.54 Å². The predicted molar refractivity (Wildman–Crippen MR) is 67.2 cm³/mol. The number of terminal acetylenes is 1. The third-order valence-electron chi connectivity index (χ3n) is 2.43. The summed E-state index contributed by atoms with van der Waals surface area (Å²) >= 11 is 0. The second kappa shape index (κ2) is 5.33. The zero-order chi connectivity index (χ0) is 12.1. The minimum atomic E-state index is 0.535. The molecule has 0 amide bonds. The summed E-state index contributed by atoms with van der Waals surface area (Å²) in [5.74, 6) is 4.01. The Bertz CT molecular complexity index is 523. The molecule has 0 fully saturated rings. The van der Waals surface area contributed by atoms with Crippen LogP contribution in [0.25, 0.3) is 11.5 Å². The lowest BCUT2D eigenvalue weighted by Gasteiger charge is -1.95. The van der Waals surface area contributed by atoms with Gasteiger partial charge in [-0.1, -0.05) is 24.1 Å². The van der Waals surface area contributed by atoms with Crippen LogP contribution < -0.4 is 5.32 Å². The van der Waals surface area contributed by atoms with E-state index in [0.29, 0.717) is 19.0 Å². The fraction of sp³-hybridized carbons (Fsp3) is 0.214. The van der Waals surface area contributed by atoms with Crippen LogP contribution in [0.2, 0.25) is 0 Å². The summed E-state index contributed by atoms with van der Waals surface area (Å²) in [6.07, 6.45) is 5.17. The van der Waals surface area contributed by atoms with Gasteiger partial charge in [0.25, 0.3) is 0 Å². The summed E-state index contributed by atoms with van der Waals surface area (Å²) in [6.45, 7) is 3.08. The third-order valence-corrected chi connectivity index (χ3v) is 2.43. The van der Waals surface area contributed by atoms with Crippen LogP contribution in [-0.4, -0.2) is 11.5 Å². The summed E-state index contributed by atoms with van der Waals surface area (Å²) in [7, 11) is 0. The van der Waals surface area contributed by atoms with Gasteiger partial charge >= 0.3 is 0 Å². The normalized spacial score (nSPS) is 10.1. The number of aromatic nitrogens is 1. The fourth-order valence-corrected chi connectivity index (χ4v) is 1.55. The van der Waals surface area contributed by atoms with E-state index in [4.69, 9.17) is 10.8 Å². The standard InChI is InChI=1S/C14H14N2O/c1-3-9-15-10-13-11(2)17-14(16-13)12-7-5-4-6-8-12/h1,4-8,15H,9-10H2,2H3. The molecular formula is C14H14N2O. The van der Waals surface area contributed by atoms with Crippen molar-refractivity contribution < 1.29 is 4.42 Å². The molecule has 0 aliphatic heterocycles. The van der Waals surface area contributed by atoms with Gasteiger partial charge < -0.3 is 9.73 Å². The number of nitrogens with zero attached hydrogens (tertiary/aromatic N) is 1. The van der Waals surface area contributed by atoms with Crippen molar-refractivity contribution in [1.82, 2.24) is 10.3 Å². The van der Waals surface area contributed by atoms with Crippen molar-refractivity contribution in [3.05, 3.63) is 41.8 Å². The van der Waals surface area contributed by atoms with Crippen LogP contribution >= 0.6 is 0 Å². The number of hydrogen-bond donors (Lipinski definition) is 1. The predicted octanol–water partition coefficient (Wildman–Crippen LogP) is 2.37. The highest BCUT2D eigenvalue weighted by atomic mass is 16.4. The Balaban J connectivity index is 2.17. The monoisotopic (exact) mass is 226 g/mol. The molecule has 2 rings (SSSR count). The second-order valence-electron chi connectivity index (χ2n) is 3.70.